The summed E-state index contributed by atoms with van der Waals surface area (Å²) in [6.07, 6.45) is 0.938. The summed E-state index contributed by atoms with van der Waals surface area (Å²) in [5, 5.41) is 0. The molecule has 0 bridgehead atoms. The second-order valence-electron chi connectivity index (χ2n) is 5.18. The Labute approximate surface area is 130 Å². The summed E-state index contributed by atoms with van der Waals surface area (Å²) < 4.78 is 13.1. The Kier molecular flexibility index (Phi) is 4.28. The largest absolute Gasteiger partial charge is 0.497 e. The molecule has 1 aromatic heterocycles. The van der Waals surface area contributed by atoms with Crippen LogP contribution in [0.4, 0.5) is 0 Å². The van der Waals surface area contributed by atoms with Crippen molar-refractivity contribution in [2.75, 3.05) is 13.7 Å². The number of benzene rings is 2. The highest BCUT2D eigenvalue weighted by Gasteiger charge is 2.06. The van der Waals surface area contributed by atoms with Gasteiger partial charge in [-0.25, -0.2) is 4.98 Å². The predicted octanol–water partition coefficient (Wildman–Crippen LogP) is 3.82. The third kappa shape index (κ3) is 3.06. The SMILES string of the molecule is COc1ccc(OCCCn2c(C)nc3ccccc32)cc1. The predicted molar refractivity (Wildman–Crippen MR) is 87.6 cm³/mol. The quantitative estimate of drug-likeness (QED) is 0.649. The lowest BCUT2D eigenvalue weighted by atomic mass is 10.3. The molecule has 0 aliphatic carbocycles. The van der Waals surface area contributed by atoms with E-state index in [-0.39, 0.29) is 0 Å². The summed E-state index contributed by atoms with van der Waals surface area (Å²) in [7, 11) is 1.66. The maximum Gasteiger partial charge on any atom is 0.119 e. The van der Waals surface area contributed by atoms with Crippen LogP contribution in [-0.2, 0) is 6.54 Å². The van der Waals surface area contributed by atoms with Gasteiger partial charge in [-0.2, -0.15) is 0 Å². The summed E-state index contributed by atoms with van der Waals surface area (Å²) in [6, 6.07) is 15.9. The Bertz CT molecular complexity index is 747. The van der Waals surface area contributed by atoms with Crippen molar-refractivity contribution in [1.82, 2.24) is 9.55 Å². The van der Waals surface area contributed by atoms with Gasteiger partial charge in [-0.1, -0.05) is 12.1 Å². The van der Waals surface area contributed by atoms with Gasteiger partial charge in [0.05, 0.1) is 24.8 Å². The van der Waals surface area contributed by atoms with Gasteiger partial charge in [0.25, 0.3) is 0 Å². The smallest absolute Gasteiger partial charge is 0.119 e. The molecular formula is C18H20N2O2. The highest BCUT2D eigenvalue weighted by atomic mass is 16.5. The fourth-order valence-corrected chi connectivity index (χ4v) is 2.56. The van der Waals surface area contributed by atoms with E-state index >= 15 is 0 Å². The summed E-state index contributed by atoms with van der Waals surface area (Å²) in [5.74, 6) is 2.76. The summed E-state index contributed by atoms with van der Waals surface area (Å²) >= 11 is 0. The van der Waals surface area contributed by atoms with Crippen LogP contribution >= 0.6 is 0 Å². The molecule has 0 atom stereocenters. The number of ether oxygens (including phenoxy) is 2. The highest BCUT2D eigenvalue weighted by molar-refractivity contribution is 5.75. The van der Waals surface area contributed by atoms with E-state index in [4.69, 9.17) is 9.47 Å². The Hall–Kier alpha value is -2.49. The molecule has 114 valence electrons. The van der Waals surface area contributed by atoms with Crippen molar-refractivity contribution < 1.29 is 9.47 Å². The van der Waals surface area contributed by atoms with Crippen molar-refractivity contribution in [2.24, 2.45) is 0 Å². The molecule has 3 rings (SSSR count). The van der Waals surface area contributed by atoms with Gasteiger partial charge in [-0.05, 0) is 49.7 Å². The van der Waals surface area contributed by atoms with Crippen molar-refractivity contribution in [3.8, 4) is 11.5 Å². The normalized spacial score (nSPS) is 10.8. The first-order valence-corrected chi connectivity index (χ1v) is 7.46. The fraction of sp³-hybridized carbons (Fsp3) is 0.278. The van der Waals surface area contributed by atoms with Crippen LogP contribution < -0.4 is 9.47 Å². The fourth-order valence-electron chi connectivity index (χ4n) is 2.56. The van der Waals surface area contributed by atoms with Gasteiger partial charge in [-0.15, -0.1) is 0 Å². The standard InChI is InChI=1S/C18H20N2O2/c1-14-19-17-6-3-4-7-18(17)20(14)12-5-13-22-16-10-8-15(21-2)9-11-16/h3-4,6-11H,5,12-13H2,1-2H3. The Morgan fingerprint density at radius 1 is 1.00 bits per heavy atom. The Morgan fingerprint density at radius 3 is 2.50 bits per heavy atom. The van der Waals surface area contributed by atoms with Crippen LogP contribution in [0.1, 0.15) is 12.2 Å². The lowest BCUT2D eigenvalue weighted by Gasteiger charge is -2.09. The maximum atomic E-state index is 5.77. The summed E-state index contributed by atoms with van der Waals surface area (Å²) in [6.45, 7) is 3.63. The van der Waals surface area contributed by atoms with E-state index in [1.165, 1.54) is 5.52 Å². The average molecular weight is 296 g/mol. The van der Waals surface area contributed by atoms with Crippen LogP contribution in [0.15, 0.2) is 48.5 Å². The molecule has 1 heterocycles. The lowest BCUT2D eigenvalue weighted by molar-refractivity contribution is 0.301. The third-order valence-electron chi connectivity index (χ3n) is 3.70. The molecule has 0 radical (unpaired) electrons. The van der Waals surface area contributed by atoms with Gasteiger partial charge in [-0.3, -0.25) is 0 Å². The van der Waals surface area contributed by atoms with Crippen LogP contribution in [0.25, 0.3) is 11.0 Å². The average Bonchev–Trinajstić information content (AvgIpc) is 2.88. The van der Waals surface area contributed by atoms with Gasteiger partial charge in [0.1, 0.15) is 17.3 Å². The van der Waals surface area contributed by atoms with E-state index in [1.54, 1.807) is 7.11 Å². The molecule has 0 saturated heterocycles. The van der Waals surface area contributed by atoms with Crippen LogP contribution in [0.5, 0.6) is 11.5 Å². The van der Waals surface area contributed by atoms with Gasteiger partial charge in [0.15, 0.2) is 0 Å². The van der Waals surface area contributed by atoms with Gasteiger partial charge in [0, 0.05) is 6.54 Å². The van der Waals surface area contributed by atoms with Crippen molar-refractivity contribution in [3.63, 3.8) is 0 Å². The number of aryl methyl sites for hydroxylation is 2. The second kappa shape index (κ2) is 6.52. The first-order valence-electron chi connectivity index (χ1n) is 7.46. The molecule has 0 aliphatic heterocycles. The molecule has 4 nitrogen and oxygen atoms in total. The zero-order valence-corrected chi connectivity index (χ0v) is 13.0. The number of nitrogens with zero attached hydrogens (tertiary/aromatic N) is 2. The minimum absolute atomic E-state index is 0.679. The summed E-state index contributed by atoms with van der Waals surface area (Å²) in [5.41, 5.74) is 2.24. The van der Waals surface area contributed by atoms with Crippen LogP contribution in [0.2, 0.25) is 0 Å². The molecule has 0 amide bonds. The van der Waals surface area contributed by atoms with Crippen molar-refractivity contribution in [1.29, 1.82) is 0 Å². The van der Waals surface area contributed by atoms with Crippen LogP contribution in [-0.4, -0.2) is 23.3 Å². The van der Waals surface area contributed by atoms with Crippen LogP contribution in [0, 0.1) is 6.92 Å². The van der Waals surface area contributed by atoms with Crippen LogP contribution in [0.3, 0.4) is 0 Å². The minimum atomic E-state index is 0.679. The second-order valence-corrected chi connectivity index (χ2v) is 5.18. The van der Waals surface area contributed by atoms with Gasteiger partial charge >= 0.3 is 0 Å². The number of aromatic nitrogens is 2. The number of fused-ring (bicyclic) bond motifs is 1. The summed E-state index contributed by atoms with van der Waals surface area (Å²) in [4.78, 5) is 4.58. The number of hydrogen-bond acceptors (Lipinski definition) is 3. The Balaban J connectivity index is 1.57. The zero-order chi connectivity index (χ0) is 15.4. The molecular weight excluding hydrogens is 276 g/mol. The molecule has 3 aromatic rings. The first kappa shape index (κ1) is 14.4. The maximum absolute atomic E-state index is 5.77. The van der Waals surface area contributed by atoms with E-state index in [9.17, 15) is 0 Å². The molecule has 0 aliphatic rings. The van der Waals surface area contributed by atoms with Gasteiger partial charge in [0.2, 0.25) is 0 Å². The Morgan fingerprint density at radius 2 is 1.73 bits per heavy atom. The van der Waals surface area contributed by atoms with Gasteiger partial charge < -0.3 is 14.0 Å². The molecule has 0 saturated carbocycles. The van der Waals surface area contributed by atoms with Crippen molar-refractivity contribution in [2.45, 2.75) is 19.9 Å². The number of para-hydroxylation sites is 2. The topological polar surface area (TPSA) is 36.3 Å². The molecule has 0 N–H and O–H groups in total. The molecule has 0 fully saturated rings. The number of hydrogen-bond donors (Lipinski definition) is 0. The van der Waals surface area contributed by atoms with Crippen molar-refractivity contribution >= 4 is 11.0 Å². The molecule has 4 heteroatoms. The monoisotopic (exact) mass is 296 g/mol. The highest BCUT2D eigenvalue weighted by Crippen LogP contribution is 2.18. The molecule has 2 aromatic carbocycles. The molecule has 0 unspecified atom stereocenters. The minimum Gasteiger partial charge on any atom is -0.497 e. The van der Waals surface area contributed by atoms with E-state index in [1.807, 2.05) is 49.4 Å². The van der Waals surface area contributed by atoms with E-state index < -0.39 is 0 Å². The lowest BCUT2D eigenvalue weighted by Crippen LogP contribution is -2.06. The van der Waals surface area contributed by atoms with E-state index in [0.29, 0.717) is 6.61 Å². The number of methoxy groups -OCH3 is 1. The van der Waals surface area contributed by atoms with Crippen molar-refractivity contribution in [3.05, 3.63) is 54.4 Å². The molecule has 0 spiro atoms. The third-order valence-corrected chi connectivity index (χ3v) is 3.70. The zero-order valence-electron chi connectivity index (χ0n) is 13.0. The number of imidazole rings is 1. The molecule has 22 heavy (non-hydrogen) atoms. The van der Waals surface area contributed by atoms with E-state index in [2.05, 4.69) is 15.6 Å². The van der Waals surface area contributed by atoms with E-state index in [0.717, 1.165) is 35.8 Å². The number of rotatable bonds is 6. The first-order chi connectivity index (χ1) is 10.8.